The molecule has 0 aromatic carbocycles. The maximum absolute atomic E-state index is 12.1. The van der Waals surface area contributed by atoms with Gasteiger partial charge in [-0.1, -0.05) is 13.0 Å². The van der Waals surface area contributed by atoms with E-state index in [4.69, 9.17) is 5.11 Å². The van der Waals surface area contributed by atoms with Crippen molar-refractivity contribution in [3.8, 4) is 0 Å². The van der Waals surface area contributed by atoms with E-state index in [1.54, 1.807) is 6.92 Å². The summed E-state index contributed by atoms with van der Waals surface area (Å²) in [6.45, 7) is 4.54. The van der Waals surface area contributed by atoms with E-state index in [9.17, 15) is 14.4 Å². The van der Waals surface area contributed by atoms with Gasteiger partial charge in [0.05, 0.1) is 12.5 Å². The van der Waals surface area contributed by atoms with E-state index in [-0.39, 0.29) is 18.7 Å². The summed E-state index contributed by atoms with van der Waals surface area (Å²) < 4.78 is 0. The van der Waals surface area contributed by atoms with E-state index in [2.05, 4.69) is 10.6 Å². The van der Waals surface area contributed by atoms with Gasteiger partial charge < -0.3 is 15.7 Å². The monoisotopic (exact) mass is 312 g/mol. The van der Waals surface area contributed by atoms with Crippen LogP contribution < -0.4 is 10.6 Å². The van der Waals surface area contributed by atoms with E-state index >= 15 is 0 Å². The van der Waals surface area contributed by atoms with Gasteiger partial charge >= 0.3 is 5.97 Å². The molecule has 1 aromatic heterocycles. The van der Waals surface area contributed by atoms with E-state index in [1.807, 2.05) is 17.5 Å². The van der Waals surface area contributed by atoms with Crippen LogP contribution >= 0.6 is 11.3 Å². The van der Waals surface area contributed by atoms with Crippen molar-refractivity contribution in [2.75, 3.05) is 0 Å². The lowest BCUT2D eigenvalue weighted by molar-refractivity contribution is -0.147. The highest BCUT2D eigenvalue weighted by molar-refractivity contribution is 7.10. The molecule has 2 atom stereocenters. The fraction of sp³-hybridized carbons (Fsp3) is 0.500. The third-order valence-electron chi connectivity index (χ3n) is 3.25. The zero-order valence-corrected chi connectivity index (χ0v) is 13.1. The Morgan fingerprint density at radius 3 is 2.52 bits per heavy atom. The molecule has 0 saturated heterocycles. The Kier molecular flexibility index (Phi) is 5.90. The summed E-state index contributed by atoms with van der Waals surface area (Å²) in [5, 5.41) is 16.3. The zero-order valence-electron chi connectivity index (χ0n) is 12.3. The van der Waals surface area contributed by atoms with Gasteiger partial charge in [-0.15, -0.1) is 11.3 Å². The first-order valence-corrected chi connectivity index (χ1v) is 7.51. The molecule has 6 nitrogen and oxygen atoms in total. The number of carboxylic acids is 1. The predicted octanol–water partition coefficient (Wildman–Crippen LogP) is 1.68. The van der Waals surface area contributed by atoms with Gasteiger partial charge in [-0.05, 0) is 24.8 Å². The highest BCUT2D eigenvalue weighted by atomic mass is 32.1. The Bertz CT molecular complexity index is 515. The predicted molar refractivity (Wildman–Crippen MR) is 80.0 cm³/mol. The summed E-state index contributed by atoms with van der Waals surface area (Å²) in [4.78, 5) is 35.4. The number of hydrogen-bond donors (Lipinski definition) is 3. The number of carbonyl (C=O) groups is 3. The third-order valence-corrected chi connectivity index (χ3v) is 4.23. The van der Waals surface area contributed by atoms with Gasteiger partial charge in [0.1, 0.15) is 5.54 Å². The number of carbonyl (C=O) groups excluding carboxylic acids is 2. The summed E-state index contributed by atoms with van der Waals surface area (Å²) in [5.41, 5.74) is -1.30. The van der Waals surface area contributed by atoms with Gasteiger partial charge in [-0.25, -0.2) is 4.79 Å². The molecule has 1 heterocycles. The number of rotatable bonds is 7. The molecule has 7 heteroatoms. The van der Waals surface area contributed by atoms with Gasteiger partial charge in [0.15, 0.2) is 0 Å². The molecule has 1 rings (SSSR count). The first kappa shape index (κ1) is 17.2. The highest BCUT2D eigenvalue weighted by Gasteiger charge is 2.33. The zero-order chi connectivity index (χ0) is 16.0. The lowest BCUT2D eigenvalue weighted by Gasteiger charge is -2.26. The summed E-state index contributed by atoms with van der Waals surface area (Å²) in [6, 6.07) is 3.21. The smallest absolute Gasteiger partial charge is 0.329 e. The number of amides is 2. The van der Waals surface area contributed by atoms with Crippen LogP contribution in [0.3, 0.4) is 0 Å². The first-order chi connectivity index (χ1) is 9.78. The summed E-state index contributed by atoms with van der Waals surface area (Å²) in [6.07, 6.45) is 0.279. The molecule has 0 aliphatic heterocycles. The van der Waals surface area contributed by atoms with Crippen LogP contribution in [0.2, 0.25) is 0 Å². The Labute approximate surface area is 127 Å². The lowest BCUT2D eigenvalue weighted by atomic mass is 9.98. The minimum absolute atomic E-state index is 0.00294. The molecule has 2 unspecified atom stereocenters. The van der Waals surface area contributed by atoms with E-state index in [1.165, 1.54) is 25.2 Å². The van der Waals surface area contributed by atoms with E-state index in [0.29, 0.717) is 0 Å². The lowest BCUT2D eigenvalue weighted by Crippen LogP contribution is -2.52. The van der Waals surface area contributed by atoms with Gasteiger partial charge in [0, 0.05) is 11.8 Å². The number of thiophene rings is 1. The molecular weight excluding hydrogens is 292 g/mol. The van der Waals surface area contributed by atoms with Gasteiger partial charge in [0.2, 0.25) is 11.8 Å². The van der Waals surface area contributed by atoms with Crippen molar-refractivity contribution < 1.29 is 19.5 Å². The molecule has 1 aromatic rings. The van der Waals surface area contributed by atoms with Crippen molar-refractivity contribution in [1.82, 2.24) is 10.6 Å². The molecule has 0 radical (unpaired) electrons. The van der Waals surface area contributed by atoms with Crippen LogP contribution in [0.25, 0.3) is 0 Å². The normalized spacial score (nSPS) is 14.8. The third kappa shape index (κ3) is 4.86. The summed E-state index contributed by atoms with van der Waals surface area (Å²) >= 11 is 1.43. The minimum Gasteiger partial charge on any atom is -0.480 e. The second-order valence-corrected chi connectivity index (χ2v) is 5.99. The van der Waals surface area contributed by atoms with Crippen molar-refractivity contribution in [3.05, 3.63) is 22.4 Å². The number of aliphatic carboxylic acids is 1. The number of hydrogen-bond acceptors (Lipinski definition) is 4. The number of carboxylic acid groups (broad SMARTS) is 1. The Morgan fingerprint density at radius 1 is 1.43 bits per heavy atom. The van der Waals surface area contributed by atoms with Crippen LogP contribution in [0.4, 0.5) is 0 Å². The molecule has 2 amide bonds. The van der Waals surface area contributed by atoms with Gasteiger partial charge in [0.25, 0.3) is 0 Å². The second-order valence-electron chi connectivity index (χ2n) is 5.01. The Balaban J connectivity index is 2.77. The Morgan fingerprint density at radius 2 is 2.10 bits per heavy atom. The van der Waals surface area contributed by atoms with E-state index in [0.717, 1.165) is 4.88 Å². The molecule has 21 heavy (non-hydrogen) atoms. The maximum atomic E-state index is 12.1. The minimum atomic E-state index is -1.30. The van der Waals surface area contributed by atoms with Crippen LogP contribution in [-0.4, -0.2) is 28.4 Å². The molecule has 0 aliphatic rings. The SMILES string of the molecule is CCC(C)(NC(=O)CC(NC(C)=O)c1cccs1)C(=O)O. The van der Waals surface area contributed by atoms with Crippen molar-refractivity contribution in [1.29, 1.82) is 0 Å². The van der Waals surface area contributed by atoms with Gasteiger partial charge in [-0.2, -0.15) is 0 Å². The average Bonchev–Trinajstić information content (AvgIpc) is 2.90. The fourth-order valence-electron chi connectivity index (χ4n) is 1.79. The van der Waals surface area contributed by atoms with Crippen LogP contribution in [0.5, 0.6) is 0 Å². The largest absolute Gasteiger partial charge is 0.480 e. The van der Waals surface area contributed by atoms with Crippen molar-refractivity contribution in [2.24, 2.45) is 0 Å². The molecule has 116 valence electrons. The fourth-order valence-corrected chi connectivity index (χ4v) is 2.57. The first-order valence-electron chi connectivity index (χ1n) is 6.63. The highest BCUT2D eigenvalue weighted by Crippen LogP contribution is 2.22. The van der Waals surface area contributed by atoms with E-state index < -0.39 is 23.5 Å². The Hall–Kier alpha value is -1.89. The number of nitrogens with one attached hydrogen (secondary N) is 2. The summed E-state index contributed by atoms with van der Waals surface area (Å²) in [5.74, 6) is -1.72. The van der Waals surface area contributed by atoms with Crippen molar-refractivity contribution >= 4 is 29.1 Å². The molecule has 0 bridgehead atoms. The van der Waals surface area contributed by atoms with Crippen molar-refractivity contribution in [2.45, 2.75) is 45.2 Å². The maximum Gasteiger partial charge on any atom is 0.329 e. The van der Waals surface area contributed by atoms with Gasteiger partial charge in [-0.3, -0.25) is 9.59 Å². The summed E-state index contributed by atoms with van der Waals surface area (Å²) in [7, 11) is 0. The molecule has 0 saturated carbocycles. The molecule has 0 aliphatic carbocycles. The molecule has 0 fully saturated rings. The quantitative estimate of drug-likeness (QED) is 0.714. The standard InChI is InChI=1S/C14H20N2O4S/c1-4-14(3,13(19)20)16-12(18)8-10(15-9(2)17)11-6-5-7-21-11/h5-7,10H,4,8H2,1-3H3,(H,15,17)(H,16,18)(H,19,20). The molecule has 3 N–H and O–H groups in total. The van der Waals surface area contributed by atoms with Crippen LogP contribution in [0.15, 0.2) is 17.5 Å². The topological polar surface area (TPSA) is 95.5 Å². The molecule has 0 spiro atoms. The van der Waals surface area contributed by atoms with Crippen molar-refractivity contribution in [3.63, 3.8) is 0 Å². The average molecular weight is 312 g/mol. The molecular formula is C14H20N2O4S. The second kappa shape index (κ2) is 7.21. The van der Waals surface area contributed by atoms with Crippen LogP contribution in [0, 0.1) is 0 Å². The van der Waals surface area contributed by atoms with Crippen LogP contribution in [-0.2, 0) is 14.4 Å². The van der Waals surface area contributed by atoms with Crippen LogP contribution in [0.1, 0.15) is 44.5 Å².